The molecule has 0 fully saturated rings. The Balaban J connectivity index is 1.29. The first-order valence-electron chi connectivity index (χ1n) is 26.6. The quantitative estimate of drug-likeness (QED) is 0.176. The van der Waals surface area contributed by atoms with Crippen LogP contribution in [0.15, 0.2) is 192 Å². The number of rotatable bonds is 5. The Morgan fingerprint density at radius 2 is 1.00 bits per heavy atom. The third-order valence-electron chi connectivity index (χ3n) is 9.95. The first-order chi connectivity index (χ1) is 35.7. The second kappa shape index (κ2) is 12.3. The van der Waals surface area contributed by atoms with Gasteiger partial charge < -0.3 is 8.98 Å². The first kappa shape index (κ1) is 18.7. The van der Waals surface area contributed by atoms with Crippen LogP contribution in [0.25, 0.3) is 111 Å². The standard InChI is InChI=1S/C51H31N5O/c1-2-16-32(17-3-1)40-30-33(31-47-48(40)39-23-9-15-29-46(39)57-47)49-52-50(54-51(53-49)56-43-26-12-6-20-36(43)37-21-7-13-27-44(37)56)38-22-8-14-28-45(38)55-41-24-10-4-18-34(41)35-19-5-11-25-42(35)55/h1-31H/i4D,5D,6D,7D,8D,10D,11D,12D,13D,18D,19D,20D,21D,24D,25D,26D,27D,28D. The van der Waals surface area contributed by atoms with E-state index in [4.69, 9.17) is 37.2 Å². The van der Waals surface area contributed by atoms with Crippen LogP contribution < -0.4 is 0 Å². The van der Waals surface area contributed by atoms with Crippen molar-refractivity contribution in [3.05, 3.63) is 188 Å². The van der Waals surface area contributed by atoms with E-state index in [0.717, 1.165) is 31.5 Å². The van der Waals surface area contributed by atoms with Crippen LogP contribution >= 0.6 is 0 Å². The van der Waals surface area contributed by atoms with Crippen LogP contribution in [-0.2, 0) is 0 Å². The Kier molecular flexibility index (Phi) is 4.04. The summed E-state index contributed by atoms with van der Waals surface area (Å²) in [5.74, 6) is -1.05. The minimum absolute atomic E-state index is 0.176. The van der Waals surface area contributed by atoms with Crippen LogP contribution in [0.2, 0.25) is 0 Å². The maximum absolute atomic E-state index is 9.57. The zero-order chi connectivity index (χ0) is 53.1. The molecular formula is C51H31N5O. The van der Waals surface area contributed by atoms with Gasteiger partial charge in [-0.3, -0.25) is 4.57 Å². The molecule has 0 aliphatic carbocycles. The predicted octanol–water partition coefficient (Wildman–Crippen LogP) is 13.0. The zero-order valence-corrected chi connectivity index (χ0v) is 29.1. The Morgan fingerprint density at radius 1 is 0.421 bits per heavy atom. The molecule has 0 radical (unpaired) electrons. The largest absolute Gasteiger partial charge is 0.456 e. The van der Waals surface area contributed by atoms with Crippen molar-refractivity contribution in [2.75, 3.05) is 0 Å². The van der Waals surface area contributed by atoms with Gasteiger partial charge in [0.2, 0.25) is 5.95 Å². The zero-order valence-electron chi connectivity index (χ0n) is 47.1. The summed E-state index contributed by atoms with van der Waals surface area (Å²) < 4.78 is 170. The van der Waals surface area contributed by atoms with Crippen LogP contribution in [0.1, 0.15) is 24.7 Å². The highest BCUT2D eigenvalue weighted by Gasteiger charge is 2.22. The van der Waals surface area contributed by atoms with Crippen molar-refractivity contribution in [2.24, 2.45) is 0 Å². The van der Waals surface area contributed by atoms with Crippen molar-refractivity contribution in [1.29, 1.82) is 0 Å². The van der Waals surface area contributed by atoms with E-state index in [-0.39, 0.29) is 72.3 Å². The summed E-state index contributed by atoms with van der Waals surface area (Å²) in [4.78, 5) is 14.8. The Hall–Kier alpha value is -7.83. The van der Waals surface area contributed by atoms with Gasteiger partial charge in [-0.2, -0.15) is 9.97 Å². The van der Waals surface area contributed by atoms with Gasteiger partial charge in [-0.1, -0.05) is 133 Å². The first-order valence-corrected chi connectivity index (χ1v) is 17.6. The van der Waals surface area contributed by atoms with E-state index in [1.165, 1.54) is 6.07 Å². The molecule has 4 heterocycles. The molecule has 6 heteroatoms. The fourth-order valence-electron chi connectivity index (χ4n) is 7.55. The van der Waals surface area contributed by atoms with Crippen LogP contribution in [0, 0.1) is 0 Å². The molecule has 0 unspecified atom stereocenters. The molecule has 0 atom stereocenters. The lowest BCUT2D eigenvalue weighted by molar-refractivity contribution is 0.669. The lowest BCUT2D eigenvalue weighted by Gasteiger charge is -2.15. The summed E-state index contributed by atoms with van der Waals surface area (Å²) in [6.45, 7) is 0. The van der Waals surface area contributed by atoms with Gasteiger partial charge in [0.15, 0.2) is 11.6 Å². The molecule has 6 nitrogen and oxygen atoms in total. The lowest BCUT2D eigenvalue weighted by Crippen LogP contribution is -2.08. The topological polar surface area (TPSA) is 61.7 Å². The normalized spacial score (nSPS) is 16.3. The van der Waals surface area contributed by atoms with E-state index in [9.17, 15) is 6.85 Å². The SMILES string of the molecule is [2H]c1cc([2H])c(-n2c3c([2H])c([2H])c([2H])c([2H])c3c3c([2H])c([2H])c([2H])c([2H])c32)c(-c2nc(-c3cc(-c4ccccc4)c4c(c3)oc3ccccc34)nc(-n3c4c([2H])c([2H])c([2H])c([2H])c4c4c([2H])c([2H])c([2H])c([2H])c43)n2)c1. The molecule has 12 rings (SSSR count). The monoisotopic (exact) mass is 747 g/mol. The summed E-state index contributed by atoms with van der Waals surface area (Å²) >= 11 is 0. The van der Waals surface area contributed by atoms with Gasteiger partial charge >= 0.3 is 0 Å². The van der Waals surface area contributed by atoms with Crippen molar-refractivity contribution in [2.45, 2.75) is 0 Å². The molecule has 12 aromatic rings. The Labute approximate surface area is 351 Å². The number of aromatic nitrogens is 5. The van der Waals surface area contributed by atoms with Gasteiger partial charge in [-0.15, -0.1) is 0 Å². The van der Waals surface area contributed by atoms with Gasteiger partial charge in [0.25, 0.3) is 0 Å². The molecule has 0 bridgehead atoms. The molecule has 0 amide bonds. The maximum atomic E-state index is 9.57. The van der Waals surface area contributed by atoms with Gasteiger partial charge in [0.1, 0.15) is 11.2 Å². The number of nitrogens with zero attached hydrogens (tertiary/aromatic N) is 5. The Bertz CT molecular complexity index is 4440. The summed E-state index contributed by atoms with van der Waals surface area (Å²) in [6, 6.07) is 10.9. The van der Waals surface area contributed by atoms with E-state index in [0.29, 0.717) is 16.7 Å². The second-order valence-corrected chi connectivity index (χ2v) is 13.1. The Morgan fingerprint density at radius 3 is 1.67 bits per heavy atom. The number of furan rings is 1. The lowest BCUT2D eigenvalue weighted by atomic mass is 9.97. The summed E-state index contributed by atoms with van der Waals surface area (Å²) in [7, 11) is 0. The van der Waals surface area contributed by atoms with Crippen LogP contribution in [-0.4, -0.2) is 24.1 Å². The molecule has 0 saturated heterocycles. The van der Waals surface area contributed by atoms with Gasteiger partial charge in [-0.05, 0) is 65.6 Å². The molecule has 8 aromatic carbocycles. The average molecular weight is 748 g/mol. The molecule has 4 aromatic heterocycles. The van der Waals surface area contributed by atoms with Gasteiger partial charge in [-0.25, -0.2) is 4.98 Å². The number of hydrogen-bond donors (Lipinski definition) is 0. The van der Waals surface area contributed by atoms with Crippen LogP contribution in [0.5, 0.6) is 0 Å². The molecule has 0 aliphatic rings. The van der Waals surface area contributed by atoms with E-state index >= 15 is 0 Å². The highest BCUT2D eigenvalue weighted by Crippen LogP contribution is 2.41. The highest BCUT2D eigenvalue weighted by atomic mass is 16.3. The summed E-state index contributed by atoms with van der Waals surface area (Å²) in [5, 5.41) is 0.371. The van der Waals surface area contributed by atoms with E-state index in [1.807, 2.05) is 48.5 Å². The van der Waals surface area contributed by atoms with Crippen molar-refractivity contribution >= 4 is 65.6 Å². The molecule has 0 spiro atoms. The fourth-order valence-corrected chi connectivity index (χ4v) is 7.55. The van der Waals surface area contributed by atoms with E-state index < -0.39 is 114 Å². The van der Waals surface area contributed by atoms with Crippen LogP contribution in [0.4, 0.5) is 0 Å². The molecular weight excluding hydrogens is 699 g/mol. The van der Waals surface area contributed by atoms with E-state index in [1.54, 1.807) is 18.2 Å². The van der Waals surface area contributed by atoms with E-state index in [2.05, 4.69) is 0 Å². The molecule has 57 heavy (non-hydrogen) atoms. The van der Waals surface area contributed by atoms with Gasteiger partial charge in [0.05, 0.1) is 52.4 Å². The third-order valence-corrected chi connectivity index (χ3v) is 9.95. The second-order valence-electron chi connectivity index (χ2n) is 13.1. The number of hydrogen-bond acceptors (Lipinski definition) is 4. The minimum Gasteiger partial charge on any atom is -0.456 e. The minimum atomic E-state index is -0.725. The van der Waals surface area contributed by atoms with Crippen molar-refractivity contribution in [3.63, 3.8) is 0 Å². The number of fused-ring (bicyclic) bond motifs is 9. The predicted molar refractivity (Wildman–Crippen MR) is 232 cm³/mol. The molecule has 266 valence electrons. The molecule has 0 N–H and O–H groups in total. The van der Waals surface area contributed by atoms with Crippen molar-refractivity contribution in [3.8, 4) is 45.5 Å². The number of benzene rings is 8. The molecule has 0 saturated carbocycles. The summed E-state index contributed by atoms with van der Waals surface area (Å²) in [5.41, 5.74) is 0.690. The summed E-state index contributed by atoms with van der Waals surface area (Å²) in [6.07, 6.45) is 0. The molecule has 0 aliphatic heterocycles. The van der Waals surface area contributed by atoms with Crippen LogP contribution in [0.3, 0.4) is 0 Å². The van der Waals surface area contributed by atoms with Crippen molar-refractivity contribution < 1.29 is 29.1 Å². The fraction of sp³-hybridized carbons (Fsp3) is 0. The maximum Gasteiger partial charge on any atom is 0.238 e. The van der Waals surface area contributed by atoms with Gasteiger partial charge in [0, 0.05) is 43.4 Å². The van der Waals surface area contributed by atoms with Crippen molar-refractivity contribution in [1.82, 2.24) is 24.1 Å². The smallest absolute Gasteiger partial charge is 0.238 e. The number of para-hydroxylation sites is 6. The average Bonchev–Trinajstić information content (AvgIpc) is 4.15. The third kappa shape index (κ3) is 4.81. The highest BCUT2D eigenvalue weighted by molar-refractivity contribution is 6.14.